The molecule has 0 bridgehead atoms. The molecule has 1 aromatic carbocycles. The van der Waals surface area contributed by atoms with E-state index in [1.54, 1.807) is 0 Å². The Balaban J connectivity index is 1.59. The van der Waals surface area contributed by atoms with E-state index in [-0.39, 0.29) is 12.5 Å². The van der Waals surface area contributed by atoms with Crippen LogP contribution in [0.5, 0.6) is 5.75 Å². The van der Waals surface area contributed by atoms with Gasteiger partial charge in [-0.2, -0.15) is 8.78 Å². The number of rotatable bonds is 5. The van der Waals surface area contributed by atoms with Crippen LogP contribution in [0.15, 0.2) is 0 Å². The van der Waals surface area contributed by atoms with Crippen LogP contribution >= 0.6 is 0 Å². The van der Waals surface area contributed by atoms with Crippen molar-refractivity contribution in [2.24, 2.45) is 23.7 Å². The second kappa shape index (κ2) is 8.13. The highest BCUT2D eigenvalue weighted by Crippen LogP contribution is 2.45. The van der Waals surface area contributed by atoms with Crippen molar-refractivity contribution >= 4 is 0 Å². The maximum atomic E-state index is 13.7. The maximum Gasteiger partial charge on any atom is 0.206 e. The van der Waals surface area contributed by atoms with Crippen LogP contribution in [0.4, 0.5) is 22.0 Å². The zero-order valence-corrected chi connectivity index (χ0v) is 15.0. The summed E-state index contributed by atoms with van der Waals surface area (Å²) in [4.78, 5) is 0. The third-order valence-corrected chi connectivity index (χ3v) is 6.16. The van der Waals surface area contributed by atoms with Crippen LogP contribution in [0.3, 0.4) is 0 Å². The van der Waals surface area contributed by atoms with Gasteiger partial charge in [-0.1, -0.05) is 26.2 Å². The third kappa shape index (κ3) is 3.84. The average Bonchev–Trinajstić information content (AvgIpc) is 2.65. The van der Waals surface area contributed by atoms with Gasteiger partial charge in [0.2, 0.25) is 29.1 Å². The van der Waals surface area contributed by atoms with E-state index in [2.05, 4.69) is 6.92 Å². The fourth-order valence-electron chi connectivity index (χ4n) is 4.82. The van der Waals surface area contributed by atoms with Crippen LogP contribution in [-0.2, 0) is 0 Å². The fraction of sp³-hybridized carbons (Fsp3) is 0.700. The second-order valence-electron chi connectivity index (χ2n) is 7.88. The summed E-state index contributed by atoms with van der Waals surface area (Å²) in [6.45, 7) is 2.19. The van der Waals surface area contributed by atoms with Crippen LogP contribution in [-0.4, -0.2) is 6.61 Å². The second-order valence-corrected chi connectivity index (χ2v) is 7.88. The van der Waals surface area contributed by atoms with Crippen LogP contribution < -0.4 is 4.74 Å². The van der Waals surface area contributed by atoms with Gasteiger partial charge in [0.15, 0.2) is 5.75 Å². The van der Waals surface area contributed by atoms with Crippen LogP contribution in [0.2, 0.25) is 0 Å². The molecule has 1 nitrogen and oxygen atoms in total. The van der Waals surface area contributed by atoms with E-state index in [4.69, 9.17) is 4.74 Å². The van der Waals surface area contributed by atoms with Crippen molar-refractivity contribution in [1.29, 1.82) is 0 Å². The monoisotopic (exact) mass is 376 g/mol. The summed E-state index contributed by atoms with van der Waals surface area (Å²) in [5.41, 5.74) is 0. The van der Waals surface area contributed by atoms with Gasteiger partial charge in [-0.25, -0.2) is 13.2 Å². The highest BCUT2D eigenvalue weighted by Gasteiger charge is 2.36. The fourth-order valence-corrected chi connectivity index (χ4v) is 4.82. The number of ether oxygens (including phenoxy) is 1. The summed E-state index contributed by atoms with van der Waals surface area (Å²) >= 11 is 0. The van der Waals surface area contributed by atoms with Gasteiger partial charge in [-0.05, 0) is 55.8 Å². The number of hydrogen-bond acceptors (Lipinski definition) is 1. The molecule has 0 radical (unpaired) electrons. The molecular weight excluding hydrogens is 351 g/mol. The van der Waals surface area contributed by atoms with Gasteiger partial charge in [-0.3, -0.25) is 0 Å². The molecule has 6 heteroatoms. The smallest absolute Gasteiger partial charge is 0.206 e. The van der Waals surface area contributed by atoms with Crippen molar-refractivity contribution in [3.05, 3.63) is 29.1 Å². The number of hydrogen-bond donors (Lipinski definition) is 0. The molecule has 0 aliphatic heterocycles. The highest BCUT2D eigenvalue weighted by molar-refractivity contribution is 5.29. The first-order chi connectivity index (χ1) is 12.4. The normalized spacial score (nSPS) is 28.7. The summed E-state index contributed by atoms with van der Waals surface area (Å²) in [6.07, 6.45) is 8.94. The van der Waals surface area contributed by atoms with Gasteiger partial charge >= 0.3 is 0 Å². The van der Waals surface area contributed by atoms with Crippen molar-refractivity contribution in [1.82, 2.24) is 0 Å². The molecule has 0 heterocycles. The first-order valence-electron chi connectivity index (χ1n) is 9.56. The first-order valence-corrected chi connectivity index (χ1v) is 9.56. The lowest BCUT2D eigenvalue weighted by Crippen LogP contribution is -2.33. The van der Waals surface area contributed by atoms with E-state index in [0.29, 0.717) is 11.8 Å². The molecule has 0 N–H and O–H groups in total. The summed E-state index contributed by atoms with van der Waals surface area (Å²) < 4.78 is 72.0. The summed E-state index contributed by atoms with van der Waals surface area (Å²) in [7, 11) is 0. The Kier molecular flexibility index (Phi) is 6.08. The Hall–Kier alpha value is -1.33. The number of benzene rings is 1. The van der Waals surface area contributed by atoms with Crippen molar-refractivity contribution in [2.75, 3.05) is 6.61 Å². The van der Waals surface area contributed by atoms with Crippen molar-refractivity contribution in [3.8, 4) is 5.75 Å². The van der Waals surface area contributed by atoms with Gasteiger partial charge in [0.25, 0.3) is 0 Å². The molecule has 1 aromatic rings. The lowest BCUT2D eigenvalue weighted by Gasteiger charge is -2.42. The van der Waals surface area contributed by atoms with E-state index in [0.717, 1.165) is 31.6 Å². The van der Waals surface area contributed by atoms with Crippen molar-refractivity contribution < 1.29 is 26.7 Å². The number of fused-ring (bicyclic) bond motifs is 1. The van der Waals surface area contributed by atoms with Gasteiger partial charge in [0.05, 0.1) is 6.61 Å². The summed E-state index contributed by atoms with van der Waals surface area (Å²) in [5, 5.41) is 0. The highest BCUT2D eigenvalue weighted by atomic mass is 19.2. The number of halogens is 5. The Morgan fingerprint density at radius 3 is 1.81 bits per heavy atom. The van der Waals surface area contributed by atoms with E-state index < -0.39 is 34.8 Å². The van der Waals surface area contributed by atoms with E-state index in [9.17, 15) is 22.0 Å². The van der Waals surface area contributed by atoms with E-state index in [1.165, 1.54) is 25.7 Å². The SMILES string of the molecule is CCC[C@H]1CC[C@@H]2C[C@H](COc3c(F)c(F)c(F)c(F)c3F)CC[C@H]2C1. The minimum atomic E-state index is -2.16. The predicted octanol–water partition coefficient (Wildman–Crippen LogP) is 6.39. The third-order valence-electron chi connectivity index (χ3n) is 6.16. The van der Waals surface area contributed by atoms with Crippen molar-refractivity contribution in [3.63, 3.8) is 0 Å². The molecule has 0 amide bonds. The Morgan fingerprint density at radius 1 is 0.731 bits per heavy atom. The molecule has 2 saturated carbocycles. The van der Waals surface area contributed by atoms with Crippen molar-refractivity contribution in [2.45, 2.75) is 58.3 Å². The zero-order chi connectivity index (χ0) is 18.8. The standard InChI is InChI=1S/C20H25F5O/c1-2-3-11-4-6-14-9-12(5-7-13(14)8-11)10-26-20-18(24)16(22)15(21)17(23)19(20)25/h11-14H,2-10H2,1H3/t11-,12+,13-,14+/m0/s1. The minimum absolute atomic E-state index is 0.0139. The quantitative estimate of drug-likeness (QED) is 0.328. The van der Waals surface area contributed by atoms with Gasteiger partial charge in [0.1, 0.15) is 0 Å². The summed E-state index contributed by atoms with van der Waals surface area (Å²) in [6, 6.07) is 0. The van der Waals surface area contributed by atoms with Crippen LogP contribution in [0, 0.1) is 52.8 Å². The average molecular weight is 376 g/mol. The van der Waals surface area contributed by atoms with Crippen LogP contribution in [0.1, 0.15) is 58.3 Å². The molecular formula is C20H25F5O. The zero-order valence-electron chi connectivity index (χ0n) is 15.0. The molecule has 2 fully saturated rings. The Bertz CT molecular complexity index is 619. The molecule has 3 rings (SSSR count). The van der Waals surface area contributed by atoms with E-state index >= 15 is 0 Å². The van der Waals surface area contributed by atoms with Gasteiger partial charge in [0, 0.05) is 0 Å². The largest absolute Gasteiger partial charge is 0.487 e. The van der Waals surface area contributed by atoms with Gasteiger partial charge in [-0.15, -0.1) is 0 Å². The first kappa shape index (κ1) is 19.4. The summed E-state index contributed by atoms with van der Waals surface area (Å²) in [5.74, 6) is -8.84. The molecule has 146 valence electrons. The Labute approximate surface area is 150 Å². The lowest BCUT2D eigenvalue weighted by atomic mass is 9.64. The minimum Gasteiger partial charge on any atom is -0.487 e. The molecule has 0 saturated heterocycles. The lowest BCUT2D eigenvalue weighted by molar-refractivity contribution is 0.0726. The predicted molar refractivity (Wildman–Crippen MR) is 88.3 cm³/mol. The topological polar surface area (TPSA) is 9.23 Å². The van der Waals surface area contributed by atoms with E-state index in [1.807, 2.05) is 0 Å². The molecule has 0 unspecified atom stereocenters. The molecule has 2 aliphatic rings. The molecule has 0 aromatic heterocycles. The molecule has 2 aliphatic carbocycles. The molecule has 0 spiro atoms. The Morgan fingerprint density at radius 2 is 1.23 bits per heavy atom. The van der Waals surface area contributed by atoms with Gasteiger partial charge < -0.3 is 4.74 Å². The van der Waals surface area contributed by atoms with Crippen LogP contribution in [0.25, 0.3) is 0 Å². The maximum absolute atomic E-state index is 13.7. The molecule has 4 atom stereocenters. The molecule has 26 heavy (non-hydrogen) atoms.